The smallest absolute Gasteiger partial charge is 0.309 e. The van der Waals surface area contributed by atoms with E-state index in [2.05, 4.69) is 0 Å². The van der Waals surface area contributed by atoms with Gasteiger partial charge in [-0.25, -0.2) is 0 Å². The van der Waals surface area contributed by atoms with Gasteiger partial charge < -0.3 is 14.5 Å². The van der Waals surface area contributed by atoms with Crippen molar-refractivity contribution in [3.63, 3.8) is 0 Å². The molecule has 0 aliphatic carbocycles. The second-order valence-electron chi connectivity index (χ2n) is 9.75. The molecule has 206 valence electrons. The molecule has 1 atom stereocenters. The van der Waals surface area contributed by atoms with Gasteiger partial charge in [0.25, 0.3) is 0 Å². The highest BCUT2D eigenvalue weighted by molar-refractivity contribution is 6.30. The Hall–Kier alpha value is -3.64. The Bertz CT molecular complexity index is 1160. The molecule has 0 heterocycles. The Morgan fingerprint density at radius 3 is 1.95 bits per heavy atom. The normalized spacial score (nSPS) is 11.6. The second kappa shape index (κ2) is 15.1. The molecule has 2 amide bonds. The minimum absolute atomic E-state index is 0.0602. The van der Waals surface area contributed by atoms with Crippen LogP contribution in [0, 0.1) is 5.92 Å². The average molecular weight is 549 g/mol. The molecule has 3 rings (SSSR count). The molecule has 0 N–H and O–H groups in total. The van der Waals surface area contributed by atoms with E-state index in [1.807, 2.05) is 79.7 Å². The number of ether oxygens (including phenoxy) is 1. The van der Waals surface area contributed by atoms with Gasteiger partial charge in [-0.05, 0) is 35.2 Å². The lowest BCUT2D eigenvalue weighted by Gasteiger charge is -2.34. The average Bonchev–Trinajstić information content (AvgIpc) is 2.95. The predicted octanol–water partition coefficient (Wildman–Crippen LogP) is 6.29. The number of halogens is 1. The van der Waals surface area contributed by atoms with Crippen LogP contribution < -0.4 is 0 Å². The van der Waals surface area contributed by atoms with E-state index in [4.69, 9.17) is 16.3 Å². The number of esters is 1. The zero-order valence-corrected chi connectivity index (χ0v) is 23.6. The van der Waals surface area contributed by atoms with Gasteiger partial charge in [-0.2, -0.15) is 0 Å². The summed E-state index contributed by atoms with van der Waals surface area (Å²) in [7, 11) is 1.72. The first-order valence-electron chi connectivity index (χ1n) is 13.3. The molecular weight excluding hydrogens is 512 g/mol. The predicted molar refractivity (Wildman–Crippen MR) is 154 cm³/mol. The van der Waals surface area contributed by atoms with Gasteiger partial charge in [0.1, 0.15) is 6.54 Å². The molecule has 7 heteroatoms. The summed E-state index contributed by atoms with van der Waals surface area (Å²) in [5.41, 5.74) is 2.69. The number of likely N-dealkylation sites (N-methyl/N-ethyl adjacent to an activating group) is 1. The van der Waals surface area contributed by atoms with Crippen molar-refractivity contribution in [2.24, 2.45) is 5.92 Å². The maximum Gasteiger partial charge on any atom is 0.309 e. The Balaban J connectivity index is 1.89. The van der Waals surface area contributed by atoms with Crippen molar-refractivity contribution in [1.29, 1.82) is 0 Å². The van der Waals surface area contributed by atoms with Crippen molar-refractivity contribution in [3.05, 3.63) is 107 Å². The summed E-state index contributed by atoms with van der Waals surface area (Å²) in [5.74, 6) is -1.54. The number of nitrogens with zero attached hydrogens (tertiary/aromatic N) is 2. The zero-order valence-electron chi connectivity index (χ0n) is 22.9. The third kappa shape index (κ3) is 8.96. The van der Waals surface area contributed by atoms with Crippen molar-refractivity contribution in [2.75, 3.05) is 20.2 Å². The van der Waals surface area contributed by atoms with Crippen LogP contribution in [0.2, 0.25) is 5.02 Å². The van der Waals surface area contributed by atoms with Gasteiger partial charge in [-0.3, -0.25) is 14.4 Å². The number of unbranched alkanes of at least 4 members (excludes halogenated alkanes) is 1. The fraction of sp³-hybridized carbons (Fsp3) is 0.344. The monoisotopic (exact) mass is 548 g/mol. The molecule has 0 bridgehead atoms. The third-order valence-corrected chi connectivity index (χ3v) is 6.80. The highest BCUT2D eigenvalue weighted by Crippen LogP contribution is 2.30. The van der Waals surface area contributed by atoms with E-state index in [0.29, 0.717) is 18.2 Å². The summed E-state index contributed by atoms with van der Waals surface area (Å²) in [6.45, 7) is 4.28. The van der Waals surface area contributed by atoms with Crippen LogP contribution in [-0.4, -0.2) is 47.8 Å². The maximum absolute atomic E-state index is 13.9. The molecule has 0 radical (unpaired) electrons. The fourth-order valence-corrected chi connectivity index (χ4v) is 4.41. The molecule has 3 aromatic carbocycles. The van der Waals surface area contributed by atoms with Crippen LogP contribution in [0.25, 0.3) is 0 Å². The summed E-state index contributed by atoms with van der Waals surface area (Å²) in [6.07, 6.45) is 1.63. The highest BCUT2D eigenvalue weighted by atomic mass is 35.5. The molecule has 1 unspecified atom stereocenters. The molecule has 0 saturated carbocycles. The number of carbonyl (C=O) groups is 3. The van der Waals surface area contributed by atoms with E-state index >= 15 is 0 Å². The van der Waals surface area contributed by atoms with Gasteiger partial charge in [-0.15, -0.1) is 0 Å². The molecule has 0 aliphatic heterocycles. The molecule has 6 nitrogen and oxygen atoms in total. The first-order valence-corrected chi connectivity index (χ1v) is 13.7. The maximum atomic E-state index is 13.9. The van der Waals surface area contributed by atoms with E-state index in [1.165, 1.54) is 0 Å². The number of amides is 2. The third-order valence-electron chi connectivity index (χ3n) is 6.55. The van der Waals surface area contributed by atoms with Gasteiger partial charge in [0.15, 0.2) is 0 Å². The first kappa shape index (κ1) is 29.9. The largest absolute Gasteiger partial charge is 0.465 e. The Kier molecular flexibility index (Phi) is 11.6. The van der Waals surface area contributed by atoms with Crippen LogP contribution in [0.4, 0.5) is 0 Å². The molecule has 0 aliphatic rings. The van der Waals surface area contributed by atoms with Crippen molar-refractivity contribution >= 4 is 29.4 Å². The lowest BCUT2D eigenvalue weighted by atomic mass is 9.95. The van der Waals surface area contributed by atoms with Crippen molar-refractivity contribution in [1.82, 2.24) is 9.80 Å². The Morgan fingerprint density at radius 1 is 0.846 bits per heavy atom. The second-order valence-corrected chi connectivity index (χ2v) is 10.2. The summed E-state index contributed by atoms with van der Waals surface area (Å²) in [6, 6.07) is 26.1. The van der Waals surface area contributed by atoms with E-state index in [0.717, 1.165) is 29.5 Å². The van der Waals surface area contributed by atoms with Crippen LogP contribution >= 0.6 is 11.6 Å². The molecule has 0 saturated heterocycles. The van der Waals surface area contributed by atoms with Crippen LogP contribution in [-0.2, 0) is 25.7 Å². The fourth-order valence-electron chi connectivity index (χ4n) is 4.29. The number of hydrogen-bond donors (Lipinski definition) is 0. The molecule has 3 aromatic rings. The van der Waals surface area contributed by atoms with E-state index in [1.54, 1.807) is 35.9 Å². The number of carbonyl (C=O) groups excluding carboxylic acids is 3. The topological polar surface area (TPSA) is 66.9 Å². The summed E-state index contributed by atoms with van der Waals surface area (Å²) >= 11 is 6.01. The van der Waals surface area contributed by atoms with Gasteiger partial charge in [0, 0.05) is 25.0 Å². The molecule has 39 heavy (non-hydrogen) atoms. The van der Waals surface area contributed by atoms with Gasteiger partial charge >= 0.3 is 5.97 Å². The Labute approximate surface area is 236 Å². The van der Waals surface area contributed by atoms with Gasteiger partial charge in [0.05, 0.1) is 18.6 Å². The number of hydrogen-bond acceptors (Lipinski definition) is 4. The van der Waals surface area contributed by atoms with Crippen LogP contribution in [0.3, 0.4) is 0 Å². The summed E-state index contributed by atoms with van der Waals surface area (Å²) < 4.78 is 5.35. The first-order chi connectivity index (χ1) is 18.8. The minimum Gasteiger partial charge on any atom is -0.465 e. The van der Waals surface area contributed by atoms with Crippen LogP contribution in [0.1, 0.15) is 55.8 Å². The Morgan fingerprint density at radius 2 is 1.41 bits per heavy atom. The standard InChI is InChI=1S/C32H37ClN2O4/c1-4-5-20-39-32(38)24(2)21-29(36)35(23-30(37)34(3)22-25-16-18-28(33)19-17-25)31(26-12-8-6-9-13-26)27-14-10-7-11-15-27/h6-19,24,31H,4-5,20-23H2,1-3H3. The number of rotatable bonds is 13. The molecule has 0 spiro atoms. The van der Waals surface area contributed by atoms with Gasteiger partial charge in [0.2, 0.25) is 11.8 Å². The van der Waals surface area contributed by atoms with E-state index < -0.39 is 17.9 Å². The van der Waals surface area contributed by atoms with Crippen LogP contribution in [0.15, 0.2) is 84.9 Å². The summed E-state index contributed by atoms with van der Waals surface area (Å²) in [4.78, 5) is 43.1. The summed E-state index contributed by atoms with van der Waals surface area (Å²) in [5, 5.41) is 0.625. The van der Waals surface area contributed by atoms with Gasteiger partial charge in [-0.1, -0.05) is 105 Å². The highest BCUT2D eigenvalue weighted by Gasteiger charge is 2.31. The van der Waals surface area contributed by atoms with Crippen molar-refractivity contribution in [3.8, 4) is 0 Å². The molecule has 0 fully saturated rings. The lowest BCUT2D eigenvalue weighted by Crippen LogP contribution is -2.44. The quantitative estimate of drug-likeness (QED) is 0.186. The van der Waals surface area contributed by atoms with E-state index in [-0.39, 0.29) is 24.8 Å². The lowest BCUT2D eigenvalue weighted by molar-refractivity contribution is -0.151. The van der Waals surface area contributed by atoms with Crippen molar-refractivity contribution in [2.45, 2.75) is 45.7 Å². The minimum atomic E-state index is -0.633. The number of benzene rings is 3. The molecule has 0 aromatic heterocycles. The SMILES string of the molecule is CCCCOC(=O)C(C)CC(=O)N(CC(=O)N(C)Cc1ccc(Cl)cc1)C(c1ccccc1)c1ccccc1. The van der Waals surface area contributed by atoms with Crippen molar-refractivity contribution < 1.29 is 19.1 Å². The van der Waals surface area contributed by atoms with E-state index in [9.17, 15) is 14.4 Å². The zero-order chi connectivity index (χ0) is 28.2. The molecular formula is C32H37ClN2O4. The van der Waals surface area contributed by atoms with Crippen LogP contribution in [0.5, 0.6) is 0 Å².